The van der Waals surface area contributed by atoms with E-state index in [2.05, 4.69) is 31.4 Å². The van der Waals surface area contributed by atoms with Gasteiger partial charge in [-0.3, -0.25) is 0 Å². The molecule has 0 aliphatic carbocycles. The fourth-order valence-electron chi connectivity index (χ4n) is 1.58. The Morgan fingerprint density at radius 3 is 2.33 bits per heavy atom. The molecule has 0 aliphatic rings. The molecule has 0 radical (unpaired) electrons. The molecule has 0 spiro atoms. The fraction of sp³-hybridized carbons (Fsp3) is 0.571. The minimum absolute atomic E-state index is 0.145. The van der Waals surface area contributed by atoms with Gasteiger partial charge in [0.25, 0.3) is 0 Å². The summed E-state index contributed by atoms with van der Waals surface area (Å²) < 4.78 is 10.5. The van der Waals surface area contributed by atoms with Gasteiger partial charge in [0.1, 0.15) is 11.5 Å². The Morgan fingerprint density at radius 2 is 1.78 bits per heavy atom. The molecule has 0 aromatic heterocycles. The quantitative estimate of drug-likeness (QED) is 0.763. The maximum Gasteiger partial charge on any atom is 0.145 e. The number of rotatable bonds is 6. The molecular weight excluding hydrogens is 228 g/mol. The van der Waals surface area contributed by atoms with Crippen molar-refractivity contribution in [3.63, 3.8) is 0 Å². The predicted octanol–water partition coefficient (Wildman–Crippen LogP) is 2.50. The Balaban J connectivity index is 2.51. The van der Waals surface area contributed by atoms with Gasteiger partial charge in [0.15, 0.2) is 0 Å². The monoisotopic (exact) mass is 252 g/mol. The van der Waals surface area contributed by atoms with Gasteiger partial charge >= 0.3 is 0 Å². The Kier molecular flexibility index (Phi) is 5.28. The van der Waals surface area contributed by atoms with Crippen LogP contribution in [0.3, 0.4) is 0 Å². The van der Waals surface area contributed by atoms with Crippen LogP contribution in [0.15, 0.2) is 18.2 Å². The van der Waals surface area contributed by atoms with Gasteiger partial charge in [-0.25, -0.2) is 0 Å². The van der Waals surface area contributed by atoms with Gasteiger partial charge in [-0.2, -0.15) is 0 Å². The molecule has 2 N–H and O–H groups in total. The van der Waals surface area contributed by atoms with Gasteiger partial charge in [-0.1, -0.05) is 0 Å². The summed E-state index contributed by atoms with van der Waals surface area (Å²) in [6.45, 7) is 8.21. The smallest absolute Gasteiger partial charge is 0.145 e. The third-order valence-electron chi connectivity index (χ3n) is 2.50. The van der Waals surface area contributed by atoms with Crippen molar-refractivity contribution in [1.29, 1.82) is 0 Å². The molecule has 102 valence electrons. The highest BCUT2D eigenvalue weighted by molar-refractivity contribution is 5.59. The van der Waals surface area contributed by atoms with Crippen molar-refractivity contribution in [3.05, 3.63) is 18.2 Å². The lowest BCUT2D eigenvalue weighted by Gasteiger charge is -2.21. The summed E-state index contributed by atoms with van der Waals surface area (Å²) in [5.41, 5.74) is 1.13. The number of ether oxygens (including phenoxy) is 2. The first kappa shape index (κ1) is 14.6. The highest BCUT2D eigenvalue weighted by Crippen LogP contribution is 2.28. The van der Waals surface area contributed by atoms with Crippen LogP contribution >= 0.6 is 0 Å². The summed E-state index contributed by atoms with van der Waals surface area (Å²) in [5.74, 6) is 1.59. The molecule has 0 aliphatic heterocycles. The van der Waals surface area contributed by atoms with E-state index in [1.165, 1.54) is 0 Å². The zero-order valence-electron chi connectivity index (χ0n) is 12.0. The van der Waals surface area contributed by atoms with Crippen molar-refractivity contribution in [1.82, 2.24) is 5.32 Å². The van der Waals surface area contributed by atoms with Crippen LogP contribution in [0.25, 0.3) is 0 Å². The molecule has 1 rings (SSSR count). The molecule has 0 heterocycles. The normalized spacial score (nSPS) is 11.2. The van der Waals surface area contributed by atoms with Gasteiger partial charge in [0, 0.05) is 24.7 Å². The van der Waals surface area contributed by atoms with Gasteiger partial charge in [0.05, 0.1) is 19.9 Å². The topological polar surface area (TPSA) is 42.5 Å². The van der Waals surface area contributed by atoms with Crippen LogP contribution in [0.4, 0.5) is 5.69 Å². The summed E-state index contributed by atoms with van der Waals surface area (Å²) >= 11 is 0. The number of nitrogens with one attached hydrogen (secondary N) is 2. The van der Waals surface area contributed by atoms with Crippen LogP contribution in [0.5, 0.6) is 11.5 Å². The summed E-state index contributed by atoms with van der Waals surface area (Å²) in [6.07, 6.45) is 0. The molecule has 0 atom stereocenters. The second-order valence-electron chi connectivity index (χ2n) is 5.17. The predicted molar refractivity (Wildman–Crippen MR) is 75.8 cm³/mol. The number of methoxy groups -OCH3 is 2. The second-order valence-corrected chi connectivity index (χ2v) is 5.17. The molecule has 1 aromatic rings. The van der Waals surface area contributed by atoms with Crippen molar-refractivity contribution in [2.45, 2.75) is 26.3 Å². The Morgan fingerprint density at radius 1 is 1.06 bits per heavy atom. The van der Waals surface area contributed by atoms with Crippen LogP contribution in [0, 0.1) is 0 Å². The van der Waals surface area contributed by atoms with Crippen LogP contribution in [0.1, 0.15) is 20.8 Å². The van der Waals surface area contributed by atoms with Crippen LogP contribution in [-0.4, -0.2) is 32.8 Å². The van der Waals surface area contributed by atoms with Crippen molar-refractivity contribution < 1.29 is 9.47 Å². The van der Waals surface area contributed by atoms with E-state index < -0.39 is 0 Å². The minimum Gasteiger partial charge on any atom is -0.497 e. The van der Waals surface area contributed by atoms with Gasteiger partial charge in [-0.15, -0.1) is 0 Å². The molecule has 0 bridgehead atoms. The fourth-order valence-corrected chi connectivity index (χ4v) is 1.58. The zero-order valence-corrected chi connectivity index (χ0v) is 12.0. The van der Waals surface area contributed by atoms with Crippen LogP contribution in [-0.2, 0) is 0 Å². The first-order chi connectivity index (χ1) is 8.46. The van der Waals surface area contributed by atoms with Crippen molar-refractivity contribution in [2.75, 3.05) is 32.6 Å². The molecule has 0 saturated heterocycles. The molecule has 4 nitrogen and oxygen atoms in total. The number of hydrogen-bond donors (Lipinski definition) is 2. The average molecular weight is 252 g/mol. The third kappa shape index (κ3) is 4.84. The summed E-state index contributed by atoms with van der Waals surface area (Å²) in [6, 6.07) is 5.76. The molecule has 0 amide bonds. The van der Waals surface area contributed by atoms with E-state index in [1.807, 2.05) is 18.2 Å². The molecule has 0 unspecified atom stereocenters. The third-order valence-corrected chi connectivity index (χ3v) is 2.50. The maximum atomic E-state index is 5.32. The summed E-state index contributed by atoms with van der Waals surface area (Å²) in [7, 11) is 3.31. The Bertz CT molecular complexity index is 373. The highest BCUT2D eigenvalue weighted by atomic mass is 16.5. The second kappa shape index (κ2) is 6.50. The Labute approximate surface area is 110 Å². The maximum absolute atomic E-state index is 5.32. The molecule has 4 heteroatoms. The van der Waals surface area contributed by atoms with Gasteiger partial charge in [-0.05, 0) is 32.9 Å². The van der Waals surface area contributed by atoms with Crippen molar-refractivity contribution in [3.8, 4) is 11.5 Å². The van der Waals surface area contributed by atoms with E-state index >= 15 is 0 Å². The highest BCUT2D eigenvalue weighted by Gasteiger charge is 2.08. The SMILES string of the molecule is COc1ccc(NCCNC(C)(C)C)c(OC)c1. The standard InChI is InChI=1S/C14H24N2O2/c1-14(2,3)16-9-8-15-12-7-6-11(17-4)10-13(12)18-5/h6-7,10,15-16H,8-9H2,1-5H3. The first-order valence-corrected chi connectivity index (χ1v) is 6.17. The average Bonchev–Trinajstić information content (AvgIpc) is 2.33. The van der Waals surface area contributed by atoms with Crippen LogP contribution in [0.2, 0.25) is 0 Å². The first-order valence-electron chi connectivity index (χ1n) is 6.17. The molecule has 0 fully saturated rings. The number of anilines is 1. The summed E-state index contributed by atoms with van der Waals surface area (Å²) in [5, 5.41) is 6.77. The minimum atomic E-state index is 0.145. The van der Waals surface area contributed by atoms with Crippen molar-refractivity contribution in [2.24, 2.45) is 0 Å². The Hall–Kier alpha value is -1.42. The molecule has 1 aromatic carbocycles. The lowest BCUT2D eigenvalue weighted by molar-refractivity contribution is 0.395. The van der Waals surface area contributed by atoms with Crippen molar-refractivity contribution >= 4 is 5.69 Å². The van der Waals surface area contributed by atoms with E-state index in [0.717, 1.165) is 30.3 Å². The lowest BCUT2D eigenvalue weighted by Crippen LogP contribution is -2.38. The van der Waals surface area contributed by atoms with Gasteiger partial charge in [0.2, 0.25) is 0 Å². The van der Waals surface area contributed by atoms with E-state index in [9.17, 15) is 0 Å². The number of benzene rings is 1. The van der Waals surface area contributed by atoms with E-state index in [-0.39, 0.29) is 5.54 Å². The summed E-state index contributed by atoms with van der Waals surface area (Å²) in [4.78, 5) is 0. The largest absolute Gasteiger partial charge is 0.497 e. The molecule has 0 saturated carbocycles. The van der Waals surface area contributed by atoms with E-state index in [4.69, 9.17) is 9.47 Å². The number of hydrogen-bond acceptors (Lipinski definition) is 4. The van der Waals surface area contributed by atoms with Crippen LogP contribution < -0.4 is 20.1 Å². The lowest BCUT2D eigenvalue weighted by atomic mass is 10.1. The van der Waals surface area contributed by atoms with E-state index in [1.54, 1.807) is 14.2 Å². The van der Waals surface area contributed by atoms with Gasteiger partial charge < -0.3 is 20.1 Å². The molecule has 18 heavy (non-hydrogen) atoms. The van der Waals surface area contributed by atoms with E-state index in [0.29, 0.717) is 0 Å². The molecular formula is C14H24N2O2. The zero-order chi connectivity index (χ0) is 13.6.